The van der Waals surface area contributed by atoms with E-state index in [9.17, 15) is 5.11 Å². The molecule has 2 unspecified atom stereocenters. The molecule has 1 heterocycles. The summed E-state index contributed by atoms with van der Waals surface area (Å²) in [4.78, 5) is 2.38. The van der Waals surface area contributed by atoms with Crippen LogP contribution in [0.2, 0.25) is 10.0 Å². The molecule has 0 spiro atoms. The van der Waals surface area contributed by atoms with Gasteiger partial charge in [-0.2, -0.15) is 0 Å². The second-order valence-corrected chi connectivity index (χ2v) is 6.31. The molecule has 1 fully saturated rings. The van der Waals surface area contributed by atoms with Crippen molar-refractivity contribution in [1.82, 2.24) is 10.2 Å². The number of hydrogen-bond acceptors (Lipinski definition) is 3. The van der Waals surface area contributed by atoms with Crippen LogP contribution < -0.4 is 5.32 Å². The molecular weight excluding hydrogens is 295 g/mol. The van der Waals surface area contributed by atoms with E-state index in [1.807, 2.05) is 0 Å². The Labute approximate surface area is 130 Å². The summed E-state index contributed by atoms with van der Waals surface area (Å²) in [6.07, 6.45) is 3.17. The van der Waals surface area contributed by atoms with Crippen molar-refractivity contribution >= 4 is 23.2 Å². The zero-order valence-corrected chi connectivity index (χ0v) is 13.3. The van der Waals surface area contributed by atoms with Gasteiger partial charge in [-0.25, -0.2) is 0 Å². The van der Waals surface area contributed by atoms with Crippen molar-refractivity contribution in [3.05, 3.63) is 33.8 Å². The number of rotatable bonds is 5. The van der Waals surface area contributed by atoms with Crippen LogP contribution in [0.3, 0.4) is 0 Å². The molecule has 2 N–H and O–H groups in total. The fourth-order valence-electron chi connectivity index (χ4n) is 2.67. The number of nitrogens with one attached hydrogen (secondary N) is 1. The summed E-state index contributed by atoms with van der Waals surface area (Å²) in [5.41, 5.74) is 0.684. The largest absolute Gasteiger partial charge is 0.387 e. The highest BCUT2D eigenvalue weighted by molar-refractivity contribution is 6.33. The van der Waals surface area contributed by atoms with Gasteiger partial charge in [-0.1, -0.05) is 29.6 Å². The van der Waals surface area contributed by atoms with Crippen molar-refractivity contribution in [3.63, 3.8) is 0 Å². The minimum Gasteiger partial charge on any atom is -0.387 e. The van der Waals surface area contributed by atoms with Crippen molar-refractivity contribution in [3.8, 4) is 0 Å². The Balaban J connectivity index is 1.82. The first-order valence-electron chi connectivity index (χ1n) is 7.12. The first-order valence-corrected chi connectivity index (χ1v) is 7.87. The van der Waals surface area contributed by atoms with E-state index in [0.29, 0.717) is 28.2 Å². The number of likely N-dealkylation sites (tertiary alicyclic amines) is 1. The highest BCUT2D eigenvalue weighted by atomic mass is 35.5. The van der Waals surface area contributed by atoms with Crippen LogP contribution in [-0.2, 0) is 0 Å². The molecule has 1 aliphatic heterocycles. The molecule has 1 saturated heterocycles. The standard InChI is InChI=1S/C15H22Cl2N2O/c1-19-7-3-2-4-12(19)9-18-10-15(20)13-8-11(16)5-6-14(13)17/h5-6,8,12,15,18,20H,2-4,7,9-10H2,1H3. The summed E-state index contributed by atoms with van der Waals surface area (Å²) < 4.78 is 0. The number of halogens is 2. The van der Waals surface area contributed by atoms with Crippen LogP contribution in [0.25, 0.3) is 0 Å². The van der Waals surface area contributed by atoms with Crippen LogP contribution in [0.15, 0.2) is 18.2 Å². The van der Waals surface area contributed by atoms with Crippen molar-refractivity contribution < 1.29 is 5.11 Å². The summed E-state index contributed by atoms with van der Waals surface area (Å²) in [5, 5.41) is 14.7. The van der Waals surface area contributed by atoms with E-state index in [2.05, 4.69) is 17.3 Å². The molecule has 0 aliphatic carbocycles. The van der Waals surface area contributed by atoms with Crippen molar-refractivity contribution in [2.24, 2.45) is 0 Å². The third-order valence-corrected chi connectivity index (χ3v) is 4.54. The monoisotopic (exact) mass is 316 g/mol. The zero-order chi connectivity index (χ0) is 14.5. The predicted octanol–water partition coefficient (Wildman–Crippen LogP) is 3.10. The fourth-order valence-corrected chi connectivity index (χ4v) is 3.09. The van der Waals surface area contributed by atoms with Crippen LogP contribution in [0.1, 0.15) is 30.9 Å². The number of likely N-dealkylation sites (N-methyl/N-ethyl adjacent to an activating group) is 1. The topological polar surface area (TPSA) is 35.5 Å². The molecule has 1 aromatic rings. The van der Waals surface area contributed by atoms with E-state index in [4.69, 9.17) is 23.2 Å². The van der Waals surface area contributed by atoms with E-state index >= 15 is 0 Å². The molecule has 0 saturated carbocycles. The molecule has 2 atom stereocenters. The number of nitrogens with zero attached hydrogens (tertiary/aromatic N) is 1. The number of piperidine rings is 1. The lowest BCUT2D eigenvalue weighted by Gasteiger charge is -2.32. The van der Waals surface area contributed by atoms with Gasteiger partial charge in [0.1, 0.15) is 0 Å². The predicted molar refractivity (Wildman–Crippen MR) is 84.6 cm³/mol. The van der Waals surface area contributed by atoms with Crippen LogP contribution in [0.5, 0.6) is 0 Å². The lowest BCUT2D eigenvalue weighted by molar-refractivity contribution is 0.153. The lowest BCUT2D eigenvalue weighted by atomic mass is 10.0. The fraction of sp³-hybridized carbons (Fsp3) is 0.600. The van der Waals surface area contributed by atoms with E-state index < -0.39 is 6.10 Å². The van der Waals surface area contributed by atoms with Gasteiger partial charge < -0.3 is 15.3 Å². The van der Waals surface area contributed by atoms with Gasteiger partial charge in [-0.05, 0) is 44.6 Å². The molecular formula is C15H22Cl2N2O. The molecule has 20 heavy (non-hydrogen) atoms. The van der Waals surface area contributed by atoms with Crippen molar-refractivity contribution in [1.29, 1.82) is 0 Å². The Morgan fingerprint density at radius 1 is 1.40 bits per heavy atom. The maximum atomic E-state index is 10.2. The van der Waals surface area contributed by atoms with Crippen molar-refractivity contribution in [2.45, 2.75) is 31.4 Å². The molecule has 1 aliphatic rings. The SMILES string of the molecule is CN1CCCCC1CNCC(O)c1cc(Cl)ccc1Cl. The van der Waals surface area contributed by atoms with Crippen LogP contribution in [0.4, 0.5) is 0 Å². The van der Waals surface area contributed by atoms with E-state index in [0.717, 1.165) is 13.1 Å². The van der Waals surface area contributed by atoms with Gasteiger partial charge in [0, 0.05) is 34.7 Å². The Hall–Kier alpha value is -0.320. The quantitative estimate of drug-likeness (QED) is 0.876. The van der Waals surface area contributed by atoms with Crippen molar-refractivity contribution in [2.75, 3.05) is 26.7 Å². The normalized spacial score (nSPS) is 21.9. The molecule has 3 nitrogen and oxygen atoms in total. The number of hydrogen-bond donors (Lipinski definition) is 2. The maximum Gasteiger partial charge on any atom is 0.0929 e. The van der Waals surface area contributed by atoms with Gasteiger partial charge in [0.15, 0.2) is 0 Å². The minimum atomic E-state index is -0.630. The Kier molecular flexibility index (Phi) is 6.12. The smallest absolute Gasteiger partial charge is 0.0929 e. The van der Waals surface area contributed by atoms with E-state index in [1.54, 1.807) is 18.2 Å². The summed E-state index contributed by atoms with van der Waals surface area (Å²) in [6.45, 7) is 2.55. The minimum absolute atomic E-state index is 0.490. The third-order valence-electron chi connectivity index (χ3n) is 3.96. The molecule has 2 rings (SSSR count). The van der Waals surface area contributed by atoms with E-state index in [-0.39, 0.29) is 0 Å². The average Bonchev–Trinajstić information content (AvgIpc) is 2.43. The van der Waals surface area contributed by atoms with Gasteiger partial charge in [-0.15, -0.1) is 0 Å². The summed E-state index contributed by atoms with van der Waals surface area (Å²) in [7, 11) is 2.16. The maximum absolute atomic E-state index is 10.2. The molecule has 1 aromatic carbocycles. The van der Waals surface area contributed by atoms with Crippen LogP contribution in [-0.4, -0.2) is 42.7 Å². The molecule has 0 bridgehead atoms. The van der Waals surface area contributed by atoms with Crippen LogP contribution in [0, 0.1) is 0 Å². The molecule has 0 aromatic heterocycles. The summed E-state index contributed by atoms with van der Waals surface area (Å²) >= 11 is 12.0. The lowest BCUT2D eigenvalue weighted by Crippen LogP contribution is -2.43. The zero-order valence-electron chi connectivity index (χ0n) is 11.8. The molecule has 112 valence electrons. The average molecular weight is 317 g/mol. The molecule has 0 radical (unpaired) electrons. The van der Waals surface area contributed by atoms with Crippen LogP contribution >= 0.6 is 23.2 Å². The highest BCUT2D eigenvalue weighted by Crippen LogP contribution is 2.26. The first kappa shape index (κ1) is 16.1. The third kappa shape index (κ3) is 4.34. The Morgan fingerprint density at radius 3 is 2.95 bits per heavy atom. The first-order chi connectivity index (χ1) is 9.58. The summed E-state index contributed by atoms with van der Waals surface area (Å²) in [5.74, 6) is 0. The molecule has 5 heteroatoms. The number of aliphatic hydroxyl groups excluding tert-OH is 1. The van der Waals surface area contributed by atoms with Gasteiger partial charge in [-0.3, -0.25) is 0 Å². The molecule has 0 amide bonds. The Bertz CT molecular complexity index is 442. The van der Waals surface area contributed by atoms with E-state index in [1.165, 1.54) is 19.3 Å². The van der Waals surface area contributed by atoms with Gasteiger partial charge >= 0.3 is 0 Å². The number of aliphatic hydroxyl groups is 1. The second kappa shape index (κ2) is 7.62. The number of benzene rings is 1. The second-order valence-electron chi connectivity index (χ2n) is 5.47. The van der Waals surface area contributed by atoms with Gasteiger partial charge in [0.2, 0.25) is 0 Å². The van der Waals surface area contributed by atoms with Gasteiger partial charge in [0.25, 0.3) is 0 Å². The summed E-state index contributed by atoms with van der Waals surface area (Å²) in [6, 6.07) is 5.73. The Morgan fingerprint density at radius 2 is 2.20 bits per heavy atom. The highest BCUT2D eigenvalue weighted by Gasteiger charge is 2.19. The van der Waals surface area contributed by atoms with Gasteiger partial charge in [0.05, 0.1) is 6.10 Å².